The molecule has 0 fully saturated rings. The maximum atomic E-state index is 11.5. The average molecular weight is 373 g/mol. The Labute approximate surface area is 142 Å². The number of ether oxygens (including phenoxy) is 1. The molecule has 0 aromatic carbocycles. The van der Waals surface area contributed by atoms with Gasteiger partial charge in [-0.05, 0) is 6.42 Å². The lowest BCUT2D eigenvalue weighted by molar-refractivity contribution is -0.697. The second-order valence-corrected chi connectivity index (χ2v) is 4.85. The first-order valence-corrected chi connectivity index (χ1v) is 7.33. The molecule has 0 aliphatic carbocycles. The number of amidine groups is 1. The molecule has 0 unspecified atom stereocenters. The molecule has 0 atom stereocenters. The topological polar surface area (TPSA) is 92.1 Å². The Morgan fingerprint density at radius 3 is 2.64 bits per heavy atom. The number of nitrogens with two attached hydrogens (primary N) is 1. The average Bonchev–Trinajstić information content (AvgIpc) is 2.46. The SMILES string of the molecule is CCC[n+]1ccc(OCCC(=O)NCCCC(=N)N)cc1.[Br-]. The van der Waals surface area contributed by atoms with Crippen LogP contribution >= 0.6 is 0 Å². The number of pyridine rings is 1. The first kappa shape index (κ1) is 20.4. The molecular formula is C15H25BrN4O2. The van der Waals surface area contributed by atoms with Gasteiger partial charge in [0.25, 0.3) is 0 Å². The number of aryl methyl sites for hydroxylation is 1. The Morgan fingerprint density at radius 2 is 2.05 bits per heavy atom. The van der Waals surface area contributed by atoms with Gasteiger partial charge in [0.05, 0.1) is 18.9 Å². The van der Waals surface area contributed by atoms with Gasteiger partial charge in [0.2, 0.25) is 5.91 Å². The van der Waals surface area contributed by atoms with Crippen molar-refractivity contribution in [3.63, 3.8) is 0 Å². The van der Waals surface area contributed by atoms with E-state index in [0.717, 1.165) is 18.7 Å². The van der Waals surface area contributed by atoms with Gasteiger partial charge in [-0.2, -0.15) is 0 Å². The van der Waals surface area contributed by atoms with E-state index in [1.54, 1.807) is 0 Å². The molecule has 1 amide bonds. The highest BCUT2D eigenvalue weighted by atomic mass is 79.9. The fourth-order valence-electron chi connectivity index (χ4n) is 1.80. The number of aromatic nitrogens is 1. The van der Waals surface area contributed by atoms with Crippen LogP contribution in [0.4, 0.5) is 0 Å². The van der Waals surface area contributed by atoms with E-state index < -0.39 is 0 Å². The van der Waals surface area contributed by atoms with Gasteiger partial charge in [-0.15, -0.1) is 0 Å². The van der Waals surface area contributed by atoms with Crippen molar-refractivity contribution >= 4 is 11.7 Å². The third kappa shape index (κ3) is 9.33. The monoisotopic (exact) mass is 372 g/mol. The fourth-order valence-corrected chi connectivity index (χ4v) is 1.80. The zero-order valence-electron chi connectivity index (χ0n) is 13.0. The Bertz CT molecular complexity index is 451. The van der Waals surface area contributed by atoms with Crippen LogP contribution in [0.25, 0.3) is 0 Å². The van der Waals surface area contributed by atoms with Crippen LogP contribution in [0.2, 0.25) is 0 Å². The van der Waals surface area contributed by atoms with Gasteiger partial charge >= 0.3 is 0 Å². The second kappa shape index (κ2) is 12.0. The van der Waals surface area contributed by atoms with Gasteiger partial charge in [-0.25, -0.2) is 4.57 Å². The number of halogens is 1. The molecule has 1 heterocycles. The molecule has 4 N–H and O–H groups in total. The number of nitrogens with one attached hydrogen (secondary N) is 2. The Hall–Kier alpha value is -1.63. The molecule has 0 aliphatic heterocycles. The van der Waals surface area contributed by atoms with Crippen LogP contribution in [-0.2, 0) is 11.3 Å². The third-order valence-corrected chi connectivity index (χ3v) is 2.89. The van der Waals surface area contributed by atoms with Crippen molar-refractivity contribution in [1.82, 2.24) is 5.32 Å². The molecule has 22 heavy (non-hydrogen) atoms. The van der Waals surface area contributed by atoms with E-state index in [-0.39, 0.29) is 28.7 Å². The number of carbonyl (C=O) groups excluding carboxylic acids is 1. The Kier molecular flexibility index (Phi) is 11.1. The minimum absolute atomic E-state index is 0. The van der Waals surface area contributed by atoms with Crippen LogP contribution in [0, 0.1) is 5.41 Å². The molecule has 0 saturated heterocycles. The molecule has 0 bridgehead atoms. The molecule has 124 valence electrons. The van der Waals surface area contributed by atoms with Crippen molar-refractivity contribution in [2.75, 3.05) is 13.2 Å². The molecule has 1 aromatic rings. The van der Waals surface area contributed by atoms with E-state index in [1.165, 1.54) is 0 Å². The highest BCUT2D eigenvalue weighted by Crippen LogP contribution is 2.06. The van der Waals surface area contributed by atoms with Crippen molar-refractivity contribution in [2.24, 2.45) is 5.73 Å². The number of nitrogens with zero attached hydrogens (tertiary/aromatic N) is 1. The molecule has 0 saturated carbocycles. The zero-order chi connectivity index (χ0) is 15.5. The van der Waals surface area contributed by atoms with Gasteiger partial charge in [0.15, 0.2) is 12.4 Å². The van der Waals surface area contributed by atoms with Gasteiger partial charge in [0, 0.05) is 31.5 Å². The normalized spacial score (nSPS) is 9.68. The number of amides is 1. The molecule has 0 spiro atoms. The quantitative estimate of drug-likeness (QED) is 0.192. The number of hydrogen-bond acceptors (Lipinski definition) is 3. The van der Waals surface area contributed by atoms with E-state index in [9.17, 15) is 4.79 Å². The van der Waals surface area contributed by atoms with E-state index in [2.05, 4.69) is 16.8 Å². The summed E-state index contributed by atoms with van der Waals surface area (Å²) in [6, 6.07) is 3.81. The summed E-state index contributed by atoms with van der Waals surface area (Å²) in [5.74, 6) is 0.874. The van der Waals surface area contributed by atoms with Crippen LogP contribution in [0.3, 0.4) is 0 Å². The van der Waals surface area contributed by atoms with Gasteiger partial charge in [-0.3, -0.25) is 10.2 Å². The lowest BCUT2D eigenvalue weighted by atomic mass is 10.3. The van der Waals surface area contributed by atoms with E-state index in [0.29, 0.717) is 32.4 Å². The summed E-state index contributed by atoms with van der Waals surface area (Å²) in [4.78, 5) is 11.5. The largest absolute Gasteiger partial charge is 1.00 e. The van der Waals surface area contributed by atoms with Crippen molar-refractivity contribution in [1.29, 1.82) is 5.41 Å². The summed E-state index contributed by atoms with van der Waals surface area (Å²) >= 11 is 0. The highest BCUT2D eigenvalue weighted by Gasteiger charge is 2.03. The molecule has 0 aliphatic rings. The smallest absolute Gasteiger partial charge is 0.223 e. The standard InChI is InChI=1S/C15H24N4O2.BrH/c1-2-9-19-10-5-13(6-11-19)21-12-7-15(20)18-8-3-4-14(16)17;/h5-6,10-11H,2-4,7-9,12H2,1H3,(H3-,16,17,18,20);1H. The lowest BCUT2D eigenvalue weighted by Gasteiger charge is -2.06. The summed E-state index contributed by atoms with van der Waals surface area (Å²) in [7, 11) is 0. The van der Waals surface area contributed by atoms with Crippen molar-refractivity contribution in [2.45, 2.75) is 39.2 Å². The zero-order valence-corrected chi connectivity index (χ0v) is 14.6. The first-order valence-electron chi connectivity index (χ1n) is 7.33. The predicted molar refractivity (Wildman–Crippen MR) is 81.2 cm³/mol. The molecular weight excluding hydrogens is 348 g/mol. The number of rotatable bonds is 10. The maximum Gasteiger partial charge on any atom is 0.223 e. The summed E-state index contributed by atoms with van der Waals surface area (Å²) < 4.78 is 7.62. The van der Waals surface area contributed by atoms with Crippen LogP contribution in [0.15, 0.2) is 24.5 Å². The third-order valence-electron chi connectivity index (χ3n) is 2.89. The molecule has 6 nitrogen and oxygen atoms in total. The van der Waals surface area contributed by atoms with Crippen LogP contribution < -0.4 is 37.3 Å². The Balaban J connectivity index is 0.00000441. The van der Waals surface area contributed by atoms with E-state index in [1.807, 2.05) is 24.5 Å². The summed E-state index contributed by atoms with van der Waals surface area (Å²) in [6.07, 6.45) is 6.57. The number of hydrogen-bond donors (Lipinski definition) is 3. The van der Waals surface area contributed by atoms with E-state index >= 15 is 0 Å². The van der Waals surface area contributed by atoms with Crippen molar-refractivity contribution in [3.8, 4) is 5.75 Å². The van der Waals surface area contributed by atoms with Crippen LogP contribution in [0.1, 0.15) is 32.6 Å². The number of carbonyl (C=O) groups is 1. The maximum absolute atomic E-state index is 11.5. The molecule has 1 rings (SSSR count). The van der Waals surface area contributed by atoms with Gasteiger partial charge in [-0.1, -0.05) is 6.92 Å². The minimum Gasteiger partial charge on any atom is -1.00 e. The fraction of sp³-hybridized carbons (Fsp3) is 0.533. The van der Waals surface area contributed by atoms with Crippen molar-refractivity contribution in [3.05, 3.63) is 24.5 Å². The molecule has 1 aromatic heterocycles. The van der Waals surface area contributed by atoms with Crippen LogP contribution in [0.5, 0.6) is 5.75 Å². The molecule has 0 radical (unpaired) electrons. The van der Waals surface area contributed by atoms with Crippen LogP contribution in [-0.4, -0.2) is 24.9 Å². The van der Waals surface area contributed by atoms with Gasteiger partial charge < -0.3 is 32.8 Å². The van der Waals surface area contributed by atoms with Gasteiger partial charge in [0.1, 0.15) is 12.3 Å². The second-order valence-electron chi connectivity index (χ2n) is 4.85. The van der Waals surface area contributed by atoms with E-state index in [4.69, 9.17) is 15.9 Å². The lowest BCUT2D eigenvalue weighted by Crippen LogP contribution is -3.00. The molecule has 7 heteroatoms. The predicted octanol–water partition coefficient (Wildman–Crippen LogP) is -2.01. The Morgan fingerprint density at radius 1 is 1.36 bits per heavy atom. The summed E-state index contributed by atoms with van der Waals surface area (Å²) in [5.41, 5.74) is 5.23. The minimum atomic E-state index is -0.0458. The summed E-state index contributed by atoms with van der Waals surface area (Å²) in [6.45, 7) is 4.02. The first-order chi connectivity index (χ1) is 10.1. The van der Waals surface area contributed by atoms with Crippen molar-refractivity contribution < 1.29 is 31.1 Å². The highest BCUT2D eigenvalue weighted by molar-refractivity contribution is 5.77. The summed E-state index contributed by atoms with van der Waals surface area (Å²) in [5, 5.41) is 9.85.